The summed E-state index contributed by atoms with van der Waals surface area (Å²) in [7, 11) is 0. The summed E-state index contributed by atoms with van der Waals surface area (Å²) in [5, 5.41) is 4.01. The smallest absolute Gasteiger partial charge is 0.00700 e. The van der Waals surface area contributed by atoms with Gasteiger partial charge in [-0.2, -0.15) is 0 Å². The summed E-state index contributed by atoms with van der Waals surface area (Å²) in [4.78, 5) is 0. The standard InChI is InChI=1S/C19H39N/c1-5-7-9-11-17(12-10-8-6-2)20-18-13-15-19(3,4)16-14-18/h17-18,20H,5-16H2,1-4H3. The van der Waals surface area contributed by atoms with Crippen LogP contribution in [0.2, 0.25) is 0 Å². The van der Waals surface area contributed by atoms with E-state index in [1.165, 1.54) is 77.0 Å². The zero-order chi connectivity index (χ0) is 14.8. The Hall–Kier alpha value is -0.0400. The van der Waals surface area contributed by atoms with Gasteiger partial charge in [0.05, 0.1) is 0 Å². The highest BCUT2D eigenvalue weighted by molar-refractivity contribution is 4.84. The molecule has 0 aliphatic heterocycles. The first-order valence-corrected chi connectivity index (χ1v) is 9.33. The van der Waals surface area contributed by atoms with Crippen LogP contribution in [0.5, 0.6) is 0 Å². The molecule has 0 aromatic heterocycles. The fourth-order valence-corrected chi connectivity index (χ4v) is 3.49. The maximum Gasteiger partial charge on any atom is 0.00700 e. The summed E-state index contributed by atoms with van der Waals surface area (Å²) in [5.41, 5.74) is 0.595. The molecule has 0 heterocycles. The van der Waals surface area contributed by atoms with Crippen molar-refractivity contribution in [3.8, 4) is 0 Å². The Morgan fingerprint density at radius 2 is 1.40 bits per heavy atom. The van der Waals surface area contributed by atoms with Gasteiger partial charge in [0.25, 0.3) is 0 Å². The van der Waals surface area contributed by atoms with E-state index in [2.05, 4.69) is 33.0 Å². The molecule has 0 saturated heterocycles. The van der Waals surface area contributed by atoms with Gasteiger partial charge in [0, 0.05) is 12.1 Å². The predicted octanol–water partition coefficient (Wildman–Crippen LogP) is 6.07. The molecule has 1 heteroatoms. The zero-order valence-corrected chi connectivity index (χ0v) is 14.6. The van der Waals surface area contributed by atoms with Crippen molar-refractivity contribution in [1.82, 2.24) is 5.32 Å². The van der Waals surface area contributed by atoms with E-state index in [4.69, 9.17) is 0 Å². The van der Waals surface area contributed by atoms with E-state index >= 15 is 0 Å². The molecule has 1 fully saturated rings. The van der Waals surface area contributed by atoms with Crippen molar-refractivity contribution < 1.29 is 0 Å². The maximum atomic E-state index is 4.01. The van der Waals surface area contributed by atoms with Crippen molar-refractivity contribution in [3.63, 3.8) is 0 Å². The topological polar surface area (TPSA) is 12.0 Å². The lowest BCUT2D eigenvalue weighted by Gasteiger charge is -2.36. The van der Waals surface area contributed by atoms with Crippen LogP contribution in [0.3, 0.4) is 0 Å². The van der Waals surface area contributed by atoms with E-state index < -0.39 is 0 Å². The minimum absolute atomic E-state index is 0.595. The molecule has 1 N–H and O–H groups in total. The number of unbranched alkanes of at least 4 members (excludes halogenated alkanes) is 4. The summed E-state index contributed by atoms with van der Waals surface area (Å²) in [6.45, 7) is 9.48. The minimum atomic E-state index is 0.595. The Kier molecular flexibility index (Phi) is 8.84. The lowest BCUT2D eigenvalue weighted by molar-refractivity contribution is 0.193. The molecule has 0 radical (unpaired) electrons. The second-order valence-electron chi connectivity index (χ2n) is 7.79. The molecule has 1 aliphatic carbocycles. The molecule has 0 amide bonds. The first-order chi connectivity index (χ1) is 9.57. The number of nitrogens with one attached hydrogen (secondary N) is 1. The molecule has 1 aliphatic rings. The van der Waals surface area contributed by atoms with Gasteiger partial charge in [0.15, 0.2) is 0 Å². The molecule has 120 valence electrons. The third kappa shape index (κ3) is 7.67. The molecule has 0 spiro atoms. The summed E-state index contributed by atoms with van der Waals surface area (Å²) < 4.78 is 0. The Labute approximate surface area is 128 Å². The Balaban J connectivity index is 2.30. The number of rotatable bonds is 10. The highest BCUT2D eigenvalue weighted by atomic mass is 14.9. The van der Waals surface area contributed by atoms with E-state index in [1.54, 1.807) is 0 Å². The van der Waals surface area contributed by atoms with Gasteiger partial charge in [-0.1, -0.05) is 66.2 Å². The first-order valence-electron chi connectivity index (χ1n) is 9.33. The number of hydrogen-bond acceptors (Lipinski definition) is 1. The summed E-state index contributed by atoms with van der Waals surface area (Å²) in [6.07, 6.45) is 16.7. The Bertz CT molecular complexity index is 214. The van der Waals surface area contributed by atoms with Gasteiger partial charge in [-0.3, -0.25) is 0 Å². The van der Waals surface area contributed by atoms with Crippen LogP contribution in [0, 0.1) is 5.41 Å². The first kappa shape index (κ1) is 18.0. The largest absolute Gasteiger partial charge is 0.311 e. The minimum Gasteiger partial charge on any atom is -0.311 e. The normalized spacial score (nSPS) is 19.6. The van der Waals surface area contributed by atoms with E-state index in [1.807, 2.05) is 0 Å². The van der Waals surface area contributed by atoms with Gasteiger partial charge in [0.2, 0.25) is 0 Å². The van der Waals surface area contributed by atoms with Crippen molar-refractivity contribution in [3.05, 3.63) is 0 Å². The van der Waals surface area contributed by atoms with Crippen LogP contribution in [0.15, 0.2) is 0 Å². The van der Waals surface area contributed by atoms with E-state index in [0.29, 0.717) is 5.41 Å². The van der Waals surface area contributed by atoms with Crippen molar-refractivity contribution >= 4 is 0 Å². The van der Waals surface area contributed by atoms with Crippen molar-refractivity contribution in [2.75, 3.05) is 0 Å². The molecule has 0 aromatic rings. The number of hydrogen-bond donors (Lipinski definition) is 1. The van der Waals surface area contributed by atoms with Crippen LogP contribution in [0.4, 0.5) is 0 Å². The highest BCUT2D eigenvalue weighted by Gasteiger charge is 2.27. The van der Waals surface area contributed by atoms with Gasteiger partial charge in [-0.15, -0.1) is 0 Å². The quantitative estimate of drug-likeness (QED) is 0.479. The van der Waals surface area contributed by atoms with Gasteiger partial charge < -0.3 is 5.32 Å². The second kappa shape index (κ2) is 9.82. The van der Waals surface area contributed by atoms with Crippen LogP contribution in [-0.2, 0) is 0 Å². The summed E-state index contributed by atoms with van der Waals surface area (Å²) >= 11 is 0. The summed E-state index contributed by atoms with van der Waals surface area (Å²) in [5.74, 6) is 0. The lowest BCUT2D eigenvalue weighted by Crippen LogP contribution is -2.41. The van der Waals surface area contributed by atoms with Crippen molar-refractivity contribution in [2.45, 2.75) is 117 Å². The molecular formula is C19H39N. The van der Waals surface area contributed by atoms with Crippen LogP contribution >= 0.6 is 0 Å². The fraction of sp³-hybridized carbons (Fsp3) is 1.00. The average Bonchev–Trinajstić information content (AvgIpc) is 2.41. The van der Waals surface area contributed by atoms with E-state index in [-0.39, 0.29) is 0 Å². The van der Waals surface area contributed by atoms with Crippen molar-refractivity contribution in [1.29, 1.82) is 0 Å². The summed E-state index contributed by atoms with van der Waals surface area (Å²) in [6, 6.07) is 1.59. The second-order valence-corrected chi connectivity index (χ2v) is 7.79. The fourth-order valence-electron chi connectivity index (χ4n) is 3.49. The molecule has 0 aromatic carbocycles. The highest BCUT2D eigenvalue weighted by Crippen LogP contribution is 2.35. The van der Waals surface area contributed by atoms with Gasteiger partial charge in [-0.25, -0.2) is 0 Å². The third-order valence-electron chi connectivity index (χ3n) is 5.12. The lowest BCUT2D eigenvalue weighted by atomic mass is 9.75. The molecule has 0 unspecified atom stereocenters. The van der Waals surface area contributed by atoms with Crippen LogP contribution < -0.4 is 5.32 Å². The van der Waals surface area contributed by atoms with Gasteiger partial charge >= 0.3 is 0 Å². The molecule has 0 bridgehead atoms. The van der Waals surface area contributed by atoms with Gasteiger partial charge in [0.1, 0.15) is 0 Å². The van der Waals surface area contributed by atoms with Crippen LogP contribution in [0.1, 0.15) is 105 Å². The Morgan fingerprint density at radius 1 is 0.900 bits per heavy atom. The van der Waals surface area contributed by atoms with Gasteiger partial charge in [-0.05, 0) is 43.9 Å². The van der Waals surface area contributed by atoms with E-state index in [0.717, 1.165) is 12.1 Å². The SMILES string of the molecule is CCCCCC(CCCCC)NC1CCC(C)(C)CC1. The zero-order valence-electron chi connectivity index (χ0n) is 14.6. The van der Waals surface area contributed by atoms with E-state index in [9.17, 15) is 0 Å². The molecule has 1 rings (SSSR count). The molecule has 0 atom stereocenters. The van der Waals surface area contributed by atoms with Crippen LogP contribution in [-0.4, -0.2) is 12.1 Å². The maximum absolute atomic E-state index is 4.01. The third-order valence-corrected chi connectivity index (χ3v) is 5.12. The average molecular weight is 282 g/mol. The predicted molar refractivity (Wildman–Crippen MR) is 91.2 cm³/mol. The molecular weight excluding hydrogens is 242 g/mol. The molecule has 1 saturated carbocycles. The molecule has 1 nitrogen and oxygen atoms in total. The van der Waals surface area contributed by atoms with Crippen molar-refractivity contribution in [2.24, 2.45) is 5.41 Å². The molecule has 20 heavy (non-hydrogen) atoms. The van der Waals surface area contributed by atoms with Crippen LogP contribution in [0.25, 0.3) is 0 Å². The Morgan fingerprint density at radius 3 is 1.85 bits per heavy atom. The monoisotopic (exact) mass is 281 g/mol.